The summed E-state index contributed by atoms with van der Waals surface area (Å²) in [5.41, 5.74) is 2.18. The molecule has 10 nitrogen and oxygen atoms in total. The summed E-state index contributed by atoms with van der Waals surface area (Å²) in [5, 5.41) is 14.4. The maximum absolute atomic E-state index is 14.6. The van der Waals surface area contributed by atoms with Crippen molar-refractivity contribution in [3.05, 3.63) is 107 Å². The van der Waals surface area contributed by atoms with Crippen LogP contribution in [0.1, 0.15) is 58.2 Å². The maximum Gasteiger partial charge on any atom is 0.337 e. The summed E-state index contributed by atoms with van der Waals surface area (Å²) in [4.78, 5) is 55.9. The van der Waals surface area contributed by atoms with Gasteiger partial charge in [-0.05, 0) is 61.6 Å². The zero-order valence-corrected chi connectivity index (χ0v) is 28.8. The number of rotatable bonds is 12. The van der Waals surface area contributed by atoms with Gasteiger partial charge in [0, 0.05) is 30.6 Å². The molecule has 11 heteroatoms. The average Bonchev–Trinajstić information content (AvgIpc) is 3.03. The fourth-order valence-electron chi connectivity index (χ4n) is 5.65. The van der Waals surface area contributed by atoms with E-state index in [1.807, 2.05) is 18.2 Å². The van der Waals surface area contributed by atoms with Gasteiger partial charge < -0.3 is 19.5 Å². The van der Waals surface area contributed by atoms with E-state index in [2.05, 4.69) is 0 Å². The number of benzene rings is 3. The molecule has 254 valence electrons. The summed E-state index contributed by atoms with van der Waals surface area (Å²) in [6.07, 6.45) is -0.816. The number of carbonyl (C=O) groups excluding carboxylic acids is 4. The van der Waals surface area contributed by atoms with Crippen molar-refractivity contribution in [1.82, 2.24) is 14.9 Å². The molecule has 0 saturated heterocycles. The van der Waals surface area contributed by atoms with Crippen LogP contribution in [0.3, 0.4) is 0 Å². The Morgan fingerprint density at radius 2 is 1.58 bits per heavy atom. The third-order valence-electron chi connectivity index (χ3n) is 7.77. The Morgan fingerprint density at radius 1 is 0.917 bits per heavy atom. The molecule has 3 amide bonds. The van der Waals surface area contributed by atoms with Gasteiger partial charge in [-0.25, -0.2) is 14.8 Å². The van der Waals surface area contributed by atoms with Gasteiger partial charge in [0.2, 0.25) is 11.8 Å². The largest absolute Gasteiger partial charge is 0.489 e. The molecule has 3 aromatic rings. The molecule has 1 heterocycles. The van der Waals surface area contributed by atoms with Crippen molar-refractivity contribution in [3.8, 4) is 5.75 Å². The normalized spacial score (nSPS) is 16.0. The smallest absolute Gasteiger partial charge is 0.337 e. The Morgan fingerprint density at radius 3 is 2.19 bits per heavy atom. The van der Waals surface area contributed by atoms with Gasteiger partial charge in [-0.2, -0.15) is 0 Å². The van der Waals surface area contributed by atoms with Crippen molar-refractivity contribution >= 4 is 41.0 Å². The van der Waals surface area contributed by atoms with Crippen molar-refractivity contribution in [2.75, 3.05) is 0 Å². The summed E-state index contributed by atoms with van der Waals surface area (Å²) in [6, 6.07) is 20.9. The van der Waals surface area contributed by atoms with Gasteiger partial charge in [-0.15, -0.1) is 0 Å². The Bertz CT molecular complexity index is 1660. The van der Waals surface area contributed by atoms with Crippen LogP contribution in [0, 0.1) is 5.92 Å². The lowest BCUT2D eigenvalue weighted by molar-refractivity contribution is -0.178. The third kappa shape index (κ3) is 8.62. The number of ether oxygens (including phenoxy) is 2. The van der Waals surface area contributed by atoms with E-state index in [1.54, 1.807) is 88.4 Å². The maximum atomic E-state index is 14.6. The summed E-state index contributed by atoms with van der Waals surface area (Å²) >= 11 is 6.14. The van der Waals surface area contributed by atoms with Crippen LogP contribution in [0.4, 0.5) is 0 Å². The molecule has 0 fully saturated rings. The molecule has 0 radical (unpaired) electrons. The highest BCUT2D eigenvalue weighted by molar-refractivity contribution is 6.30. The van der Waals surface area contributed by atoms with E-state index in [0.29, 0.717) is 21.9 Å². The number of hydrogen-bond donors (Lipinski definition) is 1. The Hall–Kier alpha value is -4.67. The summed E-state index contributed by atoms with van der Waals surface area (Å²) < 4.78 is 11.4. The second kappa shape index (κ2) is 16.0. The first-order chi connectivity index (χ1) is 22.8. The summed E-state index contributed by atoms with van der Waals surface area (Å²) in [6.45, 7) is 9.74. The molecular weight excluding hydrogens is 634 g/mol. The molecule has 0 saturated carbocycles. The number of halogens is 1. The Labute approximate surface area is 286 Å². The van der Waals surface area contributed by atoms with E-state index in [1.165, 1.54) is 30.0 Å². The molecule has 3 aromatic carbocycles. The minimum atomic E-state index is -1.82. The number of amides is 3. The van der Waals surface area contributed by atoms with Crippen LogP contribution in [0.25, 0.3) is 5.70 Å². The van der Waals surface area contributed by atoms with Crippen molar-refractivity contribution in [2.24, 2.45) is 5.92 Å². The molecule has 0 aliphatic carbocycles. The summed E-state index contributed by atoms with van der Waals surface area (Å²) in [7, 11) is 0. The number of hydrazine groups is 1. The van der Waals surface area contributed by atoms with E-state index in [0.717, 1.165) is 10.6 Å². The zero-order chi connectivity index (χ0) is 35.1. The van der Waals surface area contributed by atoms with Crippen LogP contribution >= 0.6 is 11.6 Å². The Balaban J connectivity index is 1.86. The number of esters is 1. The number of carbonyl (C=O) groups is 4. The van der Waals surface area contributed by atoms with Crippen LogP contribution < -0.4 is 4.74 Å². The molecule has 48 heavy (non-hydrogen) atoms. The first-order valence-electron chi connectivity index (χ1n) is 15.8. The monoisotopic (exact) mass is 675 g/mol. The van der Waals surface area contributed by atoms with E-state index >= 15 is 0 Å². The van der Waals surface area contributed by atoms with Crippen LogP contribution in [-0.2, 0) is 36.9 Å². The predicted octanol–water partition coefficient (Wildman–Crippen LogP) is 5.62. The van der Waals surface area contributed by atoms with Gasteiger partial charge in [0.15, 0.2) is 6.10 Å². The first kappa shape index (κ1) is 36.2. The molecule has 0 bridgehead atoms. The molecule has 1 aliphatic heterocycles. The lowest BCUT2D eigenvalue weighted by Crippen LogP contribution is -2.64. The Kier molecular flexibility index (Phi) is 12.0. The molecule has 1 aliphatic rings. The molecule has 3 atom stereocenters. The molecule has 4 rings (SSSR count). The van der Waals surface area contributed by atoms with Crippen molar-refractivity contribution in [2.45, 2.75) is 78.9 Å². The highest BCUT2D eigenvalue weighted by Gasteiger charge is 2.47. The van der Waals surface area contributed by atoms with Crippen molar-refractivity contribution in [1.29, 1.82) is 0 Å². The number of aliphatic hydroxyl groups excluding tert-OH is 1. The van der Waals surface area contributed by atoms with Gasteiger partial charge in [0.25, 0.3) is 5.91 Å². The molecule has 1 unspecified atom stereocenters. The lowest BCUT2D eigenvalue weighted by Gasteiger charge is -2.47. The van der Waals surface area contributed by atoms with E-state index < -0.39 is 42.1 Å². The third-order valence-corrected chi connectivity index (χ3v) is 8.00. The first-order valence-corrected chi connectivity index (χ1v) is 16.2. The predicted molar refractivity (Wildman–Crippen MR) is 182 cm³/mol. The average molecular weight is 676 g/mol. The van der Waals surface area contributed by atoms with Crippen molar-refractivity contribution in [3.63, 3.8) is 0 Å². The van der Waals surface area contributed by atoms with Crippen LogP contribution in [0.15, 0.2) is 85.1 Å². The second-order valence-electron chi connectivity index (χ2n) is 12.3. The van der Waals surface area contributed by atoms with Gasteiger partial charge in [-0.1, -0.05) is 80.0 Å². The lowest BCUT2D eigenvalue weighted by atomic mass is 9.96. The highest BCUT2D eigenvalue weighted by Crippen LogP contribution is 2.35. The van der Waals surface area contributed by atoms with Gasteiger partial charge in [-0.3, -0.25) is 14.4 Å². The van der Waals surface area contributed by atoms with E-state index in [-0.39, 0.29) is 30.5 Å². The fraction of sp³-hybridized carbons (Fsp3) is 0.351. The topological polar surface area (TPSA) is 117 Å². The minimum Gasteiger partial charge on any atom is -0.489 e. The molecule has 0 spiro atoms. The molecular formula is C37H42ClN3O7. The second-order valence-corrected chi connectivity index (χ2v) is 12.7. The van der Waals surface area contributed by atoms with E-state index in [9.17, 15) is 24.3 Å². The van der Waals surface area contributed by atoms with Crippen molar-refractivity contribution < 1.29 is 33.8 Å². The number of hydrogen-bond acceptors (Lipinski definition) is 7. The molecule has 0 aromatic heterocycles. The quantitative estimate of drug-likeness (QED) is 0.248. The highest BCUT2D eigenvalue weighted by atomic mass is 35.5. The molecule has 1 N–H and O–H groups in total. The van der Waals surface area contributed by atoms with Crippen LogP contribution in [0.2, 0.25) is 5.02 Å². The minimum absolute atomic E-state index is 0.0113. The van der Waals surface area contributed by atoms with Crippen LogP contribution in [-0.4, -0.2) is 68.0 Å². The number of aliphatic hydroxyl groups is 1. The fourth-order valence-corrected chi connectivity index (χ4v) is 5.86. The van der Waals surface area contributed by atoms with E-state index in [4.69, 9.17) is 21.1 Å². The SMILES string of the molecule is CC(=O)N1C=C(c2cccc(OCc3cccc(Cl)c3)c2)N(N(C(C)=O)[C@@H](Cc2ccccc2)C(O)C(=O)OC(C)C)C(=O)[C@H]1C(C)C. The standard InChI is InChI=1S/C37H42ClN3O7/c1-23(2)34-36(45)41(40(26(6)43)32(19-27-12-8-7-9-13-27)35(44)37(46)48-24(3)4)33(21-39(34)25(5)42)29-15-11-17-31(20-29)47-22-28-14-10-16-30(38)18-28/h7-18,20-21,23-24,32,34-35,44H,19,22H2,1-6H3/t32-,34+,35?/m0/s1. The number of nitrogens with zero attached hydrogens (tertiary/aromatic N) is 3. The van der Waals surface area contributed by atoms with Gasteiger partial charge in [0.05, 0.1) is 17.8 Å². The van der Waals surface area contributed by atoms with Gasteiger partial charge in [0.1, 0.15) is 18.4 Å². The zero-order valence-electron chi connectivity index (χ0n) is 28.0. The van der Waals surface area contributed by atoms with Crippen LogP contribution in [0.5, 0.6) is 5.75 Å². The van der Waals surface area contributed by atoms with Gasteiger partial charge >= 0.3 is 5.97 Å². The summed E-state index contributed by atoms with van der Waals surface area (Å²) in [5.74, 6) is -2.40.